The van der Waals surface area contributed by atoms with E-state index >= 15 is 0 Å². The van der Waals surface area contributed by atoms with Gasteiger partial charge in [0.05, 0.1) is 5.41 Å². The van der Waals surface area contributed by atoms with Crippen molar-refractivity contribution in [2.45, 2.75) is 41.0 Å². The molecule has 1 aliphatic carbocycles. The van der Waals surface area contributed by atoms with Crippen LogP contribution in [-0.2, 0) is 9.59 Å². The second kappa shape index (κ2) is 5.19. The van der Waals surface area contributed by atoms with Crippen LogP contribution in [0, 0.1) is 17.3 Å². The molecule has 0 saturated heterocycles. The van der Waals surface area contributed by atoms with Crippen molar-refractivity contribution < 1.29 is 19.8 Å². The first-order valence-corrected chi connectivity index (χ1v) is 6.53. The lowest BCUT2D eigenvalue weighted by atomic mass is 9.61. The second-order valence-electron chi connectivity index (χ2n) is 5.83. The highest BCUT2D eigenvalue weighted by Crippen LogP contribution is 2.48. The zero-order valence-electron chi connectivity index (χ0n) is 12.2. The monoisotopic (exact) mass is 266 g/mol. The molecule has 1 aliphatic rings. The summed E-state index contributed by atoms with van der Waals surface area (Å²) in [7, 11) is 0. The van der Waals surface area contributed by atoms with E-state index in [1.807, 2.05) is 27.7 Å². The molecule has 0 aromatic rings. The summed E-state index contributed by atoms with van der Waals surface area (Å²) in [6, 6.07) is 0. The number of rotatable bonds is 4. The van der Waals surface area contributed by atoms with Gasteiger partial charge in [-0.15, -0.1) is 0 Å². The van der Waals surface area contributed by atoms with Crippen LogP contribution in [0.5, 0.6) is 0 Å². The van der Waals surface area contributed by atoms with Crippen LogP contribution in [0.15, 0.2) is 22.8 Å². The molecule has 0 spiro atoms. The summed E-state index contributed by atoms with van der Waals surface area (Å²) in [6.45, 7) is 9.31. The Labute approximate surface area is 113 Å². The van der Waals surface area contributed by atoms with E-state index in [4.69, 9.17) is 0 Å². The molecule has 1 unspecified atom stereocenters. The van der Waals surface area contributed by atoms with Crippen LogP contribution in [0.2, 0.25) is 0 Å². The lowest BCUT2D eigenvalue weighted by Crippen LogP contribution is -2.42. The van der Waals surface area contributed by atoms with Crippen LogP contribution in [0.4, 0.5) is 0 Å². The van der Waals surface area contributed by atoms with E-state index in [0.29, 0.717) is 5.57 Å². The molecule has 4 nitrogen and oxygen atoms in total. The number of aliphatic carboxylic acids is 2. The average molecular weight is 266 g/mol. The van der Waals surface area contributed by atoms with E-state index in [1.54, 1.807) is 13.0 Å². The van der Waals surface area contributed by atoms with Gasteiger partial charge in [-0.1, -0.05) is 33.8 Å². The van der Waals surface area contributed by atoms with Crippen molar-refractivity contribution in [2.75, 3.05) is 0 Å². The molecule has 1 atom stereocenters. The van der Waals surface area contributed by atoms with Gasteiger partial charge in [-0.25, -0.2) is 4.79 Å². The molecule has 19 heavy (non-hydrogen) atoms. The Morgan fingerprint density at radius 3 is 2.05 bits per heavy atom. The smallest absolute Gasteiger partial charge is 0.331 e. The quantitative estimate of drug-likeness (QED) is 0.820. The topological polar surface area (TPSA) is 74.6 Å². The number of hydrogen-bond donors (Lipinski definition) is 2. The molecule has 106 valence electrons. The van der Waals surface area contributed by atoms with Crippen molar-refractivity contribution in [2.24, 2.45) is 17.3 Å². The van der Waals surface area contributed by atoms with Gasteiger partial charge in [-0.3, -0.25) is 4.79 Å². The lowest BCUT2D eigenvalue weighted by molar-refractivity contribution is -0.149. The zero-order chi connectivity index (χ0) is 15.0. The summed E-state index contributed by atoms with van der Waals surface area (Å²) >= 11 is 0. The van der Waals surface area contributed by atoms with Crippen LogP contribution in [0.3, 0.4) is 0 Å². The summed E-state index contributed by atoms with van der Waals surface area (Å²) in [5, 5.41) is 19.0. The number of carbonyl (C=O) groups is 2. The summed E-state index contributed by atoms with van der Waals surface area (Å²) in [4.78, 5) is 23.1. The molecular formula is C15H22O4. The Morgan fingerprint density at radius 2 is 1.74 bits per heavy atom. The SMILES string of the molecule is CC1=C(C(=O)O)CC(C(=O)O)(C(C)C)C(C(C)C)=C1. The molecule has 0 bridgehead atoms. The van der Waals surface area contributed by atoms with Crippen molar-refractivity contribution >= 4 is 11.9 Å². The molecular weight excluding hydrogens is 244 g/mol. The molecule has 0 radical (unpaired) electrons. The van der Waals surface area contributed by atoms with Gasteiger partial charge in [-0.2, -0.15) is 0 Å². The third-order valence-electron chi connectivity index (χ3n) is 4.07. The summed E-state index contributed by atoms with van der Waals surface area (Å²) in [6.07, 6.45) is 1.82. The van der Waals surface area contributed by atoms with Crippen molar-refractivity contribution in [3.05, 3.63) is 22.8 Å². The van der Waals surface area contributed by atoms with E-state index in [0.717, 1.165) is 5.57 Å². The van der Waals surface area contributed by atoms with Crippen molar-refractivity contribution in [3.8, 4) is 0 Å². The van der Waals surface area contributed by atoms with Gasteiger partial charge in [0.25, 0.3) is 0 Å². The Balaban J connectivity index is 3.53. The van der Waals surface area contributed by atoms with E-state index in [-0.39, 0.29) is 23.8 Å². The van der Waals surface area contributed by atoms with E-state index in [2.05, 4.69) is 0 Å². The van der Waals surface area contributed by atoms with Gasteiger partial charge in [0.2, 0.25) is 0 Å². The van der Waals surface area contributed by atoms with Crippen LogP contribution < -0.4 is 0 Å². The van der Waals surface area contributed by atoms with Crippen LogP contribution in [-0.4, -0.2) is 22.2 Å². The van der Waals surface area contributed by atoms with Gasteiger partial charge in [0.15, 0.2) is 0 Å². The van der Waals surface area contributed by atoms with Gasteiger partial charge in [0.1, 0.15) is 0 Å². The maximum Gasteiger partial charge on any atom is 0.331 e. The van der Waals surface area contributed by atoms with Gasteiger partial charge < -0.3 is 10.2 Å². The van der Waals surface area contributed by atoms with Gasteiger partial charge >= 0.3 is 11.9 Å². The van der Waals surface area contributed by atoms with Crippen molar-refractivity contribution in [1.29, 1.82) is 0 Å². The molecule has 0 aromatic carbocycles. The first-order chi connectivity index (χ1) is 8.64. The molecule has 2 N–H and O–H groups in total. The fourth-order valence-corrected chi connectivity index (χ4v) is 2.88. The number of allylic oxidation sites excluding steroid dienone is 2. The van der Waals surface area contributed by atoms with E-state index in [1.165, 1.54) is 0 Å². The van der Waals surface area contributed by atoms with E-state index < -0.39 is 17.4 Å². The van der Waals surface area contributed by atoms with E-state index in [9.17, 15) is 19.8 Å². The first kappa shape index (κ1) is 15.5. The molecule has 0 aliphatic heterocycles. The Hall–Kier alpha value is -1.58. The number of carboxylic acid groups (broad SMARTS) is 2. The minimum Gasteiger partial charge on any atom is -0.481 e. The normalized spacial score (nSPS) is 23.8. The molecule has 0 fully saturated rings. The maximum atomic E-state index is 11.9. The molecule has 4 heteroatoms. The summed E-state index contributed by atoms with van der Waals surface area (Å²) < 4.78 is 0. The summed E-state index contributed by atoms with van der Waals surface area (Å²) in [5.41, 5.74) is 0.577. The molecule has 0 amide bonds. The standard InChI is InChI=1S/C15H22O4/c1-8(2)12-6-10(5)11(13(16)17)7-15(12,9(3)4)14(18)19/h6,8-9H,7H2,1-5H3,(H,16,17)(H,18,19). The minimum atomic E-state index is -1.11. The number of carboxylic acids is 2. The van der Waals surface area contributed by atoms with Crippen molar-refractivity contribution in [1.82, 2.24) is 0 Å². The van der Waals surface area contributed by atoms with Crippen LogP contribution in [0.25, 0.3) is 0 Å². The van der Waals surface area contributed by atoms with Gasteiger partial charge in [0, 0.05) is 5.57 Å². The molecule has 0 saturated carbocycles. The highest BCUT2D eigenvalue weighted by molar-refractivity contribution is 5.92. The number of hydrogen-bond acceptors (Lipinski definition) is 2. The van der Waals surface area contributed by atoms with Crippen LogP contribution >= 0.6 is 0 Å². The third kappa shape index (κ3) is 2.44. The Bertz CT molecular complexity index is 469. The maximum absolute atomic E-state index is 11.9. The average Bonchev–Trinajstić information content (AvgIpc) is 2.27. The second-order valence-corrected chi connectivity index (χ2v) is 5.83. The molecule has 0 aromatic heterocycles. The highest BCUT2D eigenvalue weighted by Gasteiger charge is 2.49. The van der Waals surface area contributed by atoms with Gasteiger partial charge in [-0.05, 0) is 36.3 Å². The lowest BCUT2D eigenvalue weighted by Gasteiger charge is -2.40. The predicted molar refractivity (Wildman–Crippen MR) is 72.8 cm³/mol. The highest BCUT2D eigenvalue weighted by atomic mass is 16.4. The molecule has 1 rings (SSSR count). The Kier molecular flexibility index (Phi) is 4.23. The van der Waals surface area contributed by atoms with Crippen LogP contribution in [0.1, 0.15) is 41.0 Å². The largest absolute Gasteiger partial charge is 0.481 e. The van der Waals surface area contributed by atoms with Crippen molar-refractivity contribution in [3.63, 3.8) is 0 Å². The summed E-state index contributed by atoms with van der Waals surface area (Å²) in [5.74, 6) is -2.05. The first-order valence-electron chi connectivity index (χ1n) is 6.53. The fourth-order valence-electron chi connectivity index (χ4n) is 2.88. The Morgan fingerprint density at radius 1 is 1.21 bits per heavy atom. The third-order valence-corrected chi connectivity index (χ3v) is 4.07. The fraction of sp³-hybridized carbons (Fsp3) is 0.600. The molecule has 0 heterocycles. The minimum absolute atomic E-state index is 0.0607. The predicted octanol–water partition coefficient (Wildman–Crippen LogP) is 3.10. The zero-order valence-corrected chi connectivity index (χ0v) is 12.2.